The van der Waals surface area contributed by atoms with E-state index in [4.69, 9.17) is 28.9 Å². The number of likely N-dealkylation sites (N-methyl/N-ethyl adjacent to an activating group) is 1. The van der Waals surface area contributed by atoms with Gasteiger partial charge in [-0.2, -0.15) is 0 Å². The number of carbonyl (C=O) groups excluding carboxylic acids is 3. The number of amides is 4. The highest BCUT2D eigenvalue weighted by Crippen LogP contribution is 2.42. The highest BCUT2D eigenvalue weighted by molar-refractivity contribution is 7.10. The molecule has 336 valence electrons. The van der Waals surface area contributed by atoms with Gasteiger partial charge in [0, 0.05) is 81.5 Å². The molecular formula is C46H64N8O7S. The molecule has 6 bridgehead atoms. The Bertz CT molecular complexity index is 2230. The summed E-state index contributed by atoms with van der Waals surface area (Å²) in [5.74, 6) is -0.936. The Kier molecular flexibility index (Phi) is 14.0. The number of aryl methyl sites for hydroxylation is 1. The van der Waals surface area contributed by atoms with Crippen molar-refractivity contribution in [3.05, 3.63) is 58.2 Å². The number of benzene rings is 1. The van der Waals surface area contributed by atoms with Crippen molar-refractivity contribution in [1.29, 1.82) is 0 Å². The van der Waals surface area contributed by atoms with Gasteiger partial charge in [-0.1, -0.05) is 33.8 Å². The predicted molar refractivity (Wildman–Crippen MR) is 239 cm³/mol. The number of fused-ring (bicyclic) bond motifs is 6. The maximum Gasteiger partial charge on any atom is 0.320 e. The highest BCUT2D eigenvalue weighted by atomic mass is 32.1. The van der Waals surface area contributed by atoms with E-state index in [1.165, 1.54) is 21.8 Å². The molecule has 0 radical (unpaired) electrons. The summed E-state index contributed by atoms with van der Waals surface area (Å²) in [5.41, 5.74) is 10.1. The number of carbonyl (C=O) groups is 3. The zero-order valence-corrected chi connectivity index (χ0v) is 38.7. The lowest BCUT2D eigenvalue weighted by molar-refractivity contribution is -0.177. The lowest BCUT2D eigenvalue weighted by Crippen LogP contribution is -2.64. The van der Waals surface area contributed by atoms with Gasteiger partial charge in [0.25, 0.3) is 5.91 Å². The van der Waals surface area contributed by atoms with E-state index in [0.717, 1.165) is 52.1 Å². The fraction of sp³-hybridized carbons (Fsp3) is 0.587. The Labute approximate surface area is 369 Å². The molecule has 0 aliphatic carbocycles. The number of hydrogen-bond donors (Lipinski definition) is 2. The number of aromatic nitrogens is 3. The quantitative estimate of drug-likeness (QED) is 0.193. The predicted octanol–water partition coefficient (Wildman–Crippen LogP) is 6.06. The Hall–Kier alpha value is -4.45. The summed E-state index contributed by atoms with van der Waals surface area (Å²) in [4.78, 5) is 55.6. The van der Waals surface area contributed by atoms with Crippen molar-refractivity contribution in [2.24, 2.45) is 11.3 Å². The molecule has 15 nitrogen and oxygen atoms in total. The summed E-state index contributed by atoms with van der Waals surface area (Å²) in [6, 6.07) is 8.24. The Balaban J connectivity index is 1.30. The van der Waals surface area contributed by atoms with Crippen LogP contribution in [-0.4, -0.2) is 132 Å². The summed E-state index contributed by atoms with van der Waals surface area (Å²) >= 11 is 1.46. The molecule has 4 aromatic rings. The number of urea groups is 1. The third-order valence-electron chi connectivity index (χ3n) is 12.6. The second-order valence-electron chi connectivity index (χ2n) is 18.0. The number of nitrogens with zero attached hydrogens (tertiary/aromatic N) is 6. The largest absolute Gasteiger partial charge is 0.378 e. The molecule has 0 saturated carbocycles. The summed E-state index contributed by atoms with van der Waals surface area (Å²) in [6.45, 7) is 14.9. The number of nitrogens with one attached hydrogen (secondary N) is 2. The number of ether oxygens (including phenoxy) is 4. The van der Waals surface area contributed by atoms with Crippen molar-refractivity contribution >= 4 is 40.1 Å². The van der Waals surface area contributed by atoms with E-state index in [1.807, 2.05) is 38.4 Å². The lowest BCUT2D eigenvalue weighted by atomic mass is 9.84. The molecule has 3 aromatic heterocycles. The van der Waals surface area contributed by atoms with Crippen molar-refractivity contribution < 1.29 is 33.3 Å². The zero-order chi connectivity index (χ0) is 44.5. The number of hydrogen-bond acceptors (Lipinski definition) is 11. The van der Waals surface area contributed by atoms with Crippen LogP contribution in [0.2, 0.25) is 0 Å². The van der Waals surface area contributed by atoms with Crippen molar-refractivity contribution in [2.75, 3.05) is 54.6 Å². The molecular weight excluding hydrogens is 809 g/mol. The van der Waals surface area contributed by atoms with Crippen LogP contribution in [0, 0.1) is 11.3 Å². The first-order chi connectivity index (χ1) is 29.7. The summed E-state index contributed by atoms with van der Waals surface area (Å²) < 4.78 is 26.2. The number of methoxy groups -OCH3 is 3. The van der Waals surface area contributed by atoms with Gasteiger partial charge in [-0.3, -0.25) is 19.6 Å². The van der Waals surface area contributed by atoms with Crippen LogP contribution in [0.4, 0.5) is 4.79 Å². The molecule has 3 aliphatic heterocycles. The molecule has 62 heavy (non-hydrogen) atoms. The van der Waals surface area contributed by atoms with Gasteiger partial charge in [-0.05, 0) is 74.3 Å². The first-order valence-electron chi connectivity index (χ1n) is 21.8. The minimum Gasteiger partial charge on any atom is -0.378 e. The van der Waals surface area contributed by atoms with E-state index >= 15 is 0 Å². The van der Waals surface area contributed by atoms with Crippen LogP contribution in [0.3, 0.4) is 0 Å². The minimum absolute atomic E-state index is 0.0222. The lowest BCUT2D eigenvalue weighted by Gasteiger charge is -2.42. The van der Waals surface area contributed by atoms with Gasteiger partial charge in [0.05, 0.1) is 60.0 Å². The van der Waals surface area contributed by atoms with Gasteiger partial charge in [0.2, 0.25) is 5.91 Å². The molecule has 2 saturated heterocycles. The monoisotopic (exact) mass is 872 g/mol. The van der Waals surface area contributed by atoms with Crippen molar-refractivity contribution in [2.45, 2.75) is 110 Å². The summed E-state index contributed by atoms with van der Waals surface area (Å²) in [5, 5.41) is 8.51. The first-order valence-corrected chi connectivity index (χ1v) is 22.7. The molecule has 5 atom stereocenters. The van der Waals surface area contributed by atoms with Crippen LogP contribution in [-0.2, 0) is 47.9 Å². The topological polar surface area (TPSA) is 153 Å². The maximum absolute atomic E-state index is 14.7. The summed E-state index contributed by atoms with van der Waals surface area (Å²) in [6.07, 6.45) is 3.20. The third-order valence-corrected chi connectivity index (χ3v) is 13.4. The smallest absolute Gasteiger partial charge is 0.320 e. The van der Waals surface area contributed by atoms with E-state index in [0.29, 0.717) is 44.1 Å². The molecule has 16 heteroatoms. The van der Waals surface area contributed by atoms with Crippen LogP contribution in [0.1, 0.15) is 76.8 Å². The Morgan fingerprint density at radius 1 is 1.13 bits per heavy atom. The van der Waals surface area contributed by atoms with E-state index < -0.39 is 24.3 Å². The van der Waals surface area contributed by atoms with E-state index in [1.54, 1.807) is 38.3 Å². The highest BCUT2D eigenvalue weighted by Gasteiger charge is 2.40. The van der Waals surface area contributed by atoms with Gasteiger partial charge in [-0.25, -0.2) is 15.2 Å². The molecule has 6 heterocycles. The van der Waals surface area contributed by atoms with Crippen molar-refractivity contribution in [3.63, 3.8) is 0 Å². The maximum atomic E-state index is 14.7. The fourth-order valence-corrected chi connectivity index (χ4v) is 10.0. The van der Waals surface area contributed by atoms with Gasteiger partial charge in [0.1, 0.15) is 12.1 Å². The molecule has 3 aliphatic rings. The number of thiazole rings is 1. The number of hydrazine groups is 1. The van der Waals surface area contributed by atoms with Crippen LogP contribution < -0.4 is 10.7 Å². The fourth-order valence-electron chi connectivity index (χ4n) is 9.18. The standard InChI is InChI=1S/C46H64N8O7S/c1-11-53-37-17-16-29-20-32(37)33(41(53)31-14-12-18-47-39(31)28(4)58-8)22-46(5,6)26-61-44(60-10)34-15-13-19-54(50-34)43(56)35(21-38-48-36(29)25-62-38)49-42(55)40(27(2)3)51(7)45(57)52-23-30(24-52)59-9/h12,14,16-18,20,25,27-28,30,34-35,40,44,50H,11,13,15,19,21-24,26H2,1-10H3,(H,49,55)/t28-,34-,35-,40-,44-/m0/s1. The van der Waals surface area contributed by atoms with Crippen molar-refractivity contribution in [1.82, 2.24) is 40.1 Å². The molecule has 0 unspecified atom stereocenters. The second kappa shape index (κ2) is 19.1. The minimum atomic E-state index is -0.975. The van der Waals surface area contributed by atoms with E-state index in [2.05, 4.69) is 60.3 Å². The van der Waals surface area contributed by atoms with Gasteiger partial charge in [0.15, 0.2) is 6.29 Å². The number of likely N-dealkylation sites (tertiary alicyclic amines) is 1. The average molecular weight is 873 g/mol. The van der Waals surface area contributed by atoms with Gasteiger partial charge in [-0.15, -0.1) is 11.3 Å². The molecule has 7 rings (SSSR count). The number of rotatable bonds is 10. The molecule has 2 N–H and O–H groups in total. The molecule has 2 fully saturated rings. The van der Waals surface area contributed by atoms with Crippen LogP contribution in [0.5, 0.6) is 0 Å². The van der Waals surface area contributed by atoms with Crippen LogP contribution in [0.15, 0.2) is 41.9 Å². The van der Waals surface area contributed by atoms with Crippen LogP contribution in [0.25, 0.3) is 33.4 Å². The average Bonchev–Trinajstić information content (AvgIpc) is 3.83. The van der Waals surface area contributed by atoms with Crippen LogP contribution >= 0.6 is 11.3 Å². The molecule has 1 aromatic carbocycles. The normalized spacial score (nSPS) is 22.0. The second-order valence-corrected chi connectivity index (χ2v) is 18.9. The Morgan fingerprint density at radius 3 is 2.60 bits per heavy atom. The SMILES string of the molecule is CCn1c(-c2cccnc2[C@H](C)OC)c2c3cc(ccc31)-c1csc(n1)C[C@H](NC(=O)[C@H](C(C)C)N(C)C(=O)N1CC(OC)C1)C(=O)N1CCC[C@H](N1)[C@@H](OC)OCC(C)(C)C2. The molecule has 0 spiro atoms. The summed E-state index contributed by atoms with van der Waals surface area (Å²) in [7, 11) is 6.61. The van der Waals surface area contributed by atoms with E-state index in [9.17, 15) is 14.4 Å². The van der Waals surface area contributed by atoms with E-state index in [-0.39, 0.29) is 47.9 Å². The Morgan fingerprint density at radius 2 is 1.90 bits per heavy atom. The number of pyridine rings is 1. The van der Waals surface area contributed by atoms with Gasteiger partial charge < -0.3 is 38.6 Å². The first kappa shape index (κ1) is 45.6. The molecule has 4 amide bonds. The third kappa shape index (κ3) is 9.27. The van der Waals surface area contributed by atoms with Crippen molar-refractivity contribution in [3.8, 4) is 22.5 Å². The van der Waals surface area contributed by atoms with Gasteiger partial charge >= 0.3 is 6.03 Å². The zero-order valence-electron chi connectivity index (χ0n) is 37.9.